The summed E-state index contributed by atoms with van der Waals surface area (Å²) in [6, 6.07) is 4.47. The van der Waals surface area contributed by atoms with E-state index in [1.807, 2.05) is 23.7 Å². The lowest BCUT2D eigenvalue weighted by Gasteiger charge is -2.19. The summed E-state index contributed by atoms with van der Waals surface area (Å²) in [6.45, 7) is 2.00. The van der Waals surface area contributed by atoms with Crippen LogP contribution in [0.5, 0.6) is 0 Å². The molecule has 2 atom stereocenters. The van der Waals surface area contributed by atoms with E-state index < -0.39 is 0 Å². The largest absolute Gasteiger partial charge is 0.327 e. The molecule has 0 aliphatic heterocycles. The summed E-state index contributed by atoms with van der Waals surface area (Å²) < 4.78 is 1.92. The number of rotatable bonds is 5. The molecular weight excluding hydrogens is 260 g/mol. The van der Waals surface area contributed by atoms with Gasteiger partial charge < -0.3 is 5.73 Å². The molecule has 0 bridgehead atoms. The Bertz CT molecular complexity index is 536. The van der Waals surface area contributed by atoms with Crippen LogP contribution >= 0.6 is 11.8 Å². The van der Waals surface area contributed by atoms with Crippen molar-refractivity contribution in [3.05, 3.63) is 30.1 Å². The zero-order chi connectivity index (χ0) is 13.2. The Hall–Kier alpha value is -1.47. The van der Waals surface area contributed by atoms with Crippen LogP contribution in [0.1, 0.15) is 36.6 Å². The van der Waals surface area contributed by atoms with E-state index in [1.165, 1.54) is 0 Å². The standard InChI is InChI=1S/C12H16N6S/c1-8(13)11(9-4-6-14-7-5-9)19-12-15-16-17-18(12)10-2-3-10/h4-8,10-11H,2-3,13H2,1H3. The molecule has 2 aromatic heterocycles. The quantitative estimate of drug-likeness (QED) is 0.835. The van der Waals surface area contributed by atoms with Crippen LogP contribution in [-0.2, 0) is 0 Å². The second-order valence-corrected chi connectivity index (χ2v) is 5.92. The maximum absolute atomic E-state index is 6.11. The Balaban J connectivity index is 1.83. The third-order valence-electron chi connectivity index (χ3n) is 3.10. The van der Waals surface area contributed by atoms with Crippen LogP contribution in [0.2, 0.25) is 0 Å². The van der Waals surface area contributed by atoms with E-state index in [-0.39, 0.29) is 11.3 Å². The maximum Gasteiger partial charge on any atom is 0.210 e. The second kappa shape index (κ2) is 5.26. The van der Waals surface area contributed by atoms with Crippen LogP contribution in [0.25, 0.3) is 0 Å². The summed E-state index contributed by atoms with van der Waals surface area (Å²) >= 11 is 1.63. The number of thioether (sulfide) groups is 1. The van der Waals surface area contributed by atoms with E-state index >= 15 is 0 Å². The van der Waals surface area contributed by atoms with Gasteiger partial charge >= 0.3 is 0 Å². The van der Waals surface area contributed by atoms with Crippen molar-refractivity contribution in [3.63, 3.8) is 0 Å². The molecule has 100 valence electrons. The van der Waals surface area contributed by atoms with E-state index in [4.69, 9.17) is 5.73 Å². The number of pyridine rings is 1. The molecule has 2 heterocycles. The van der Waals surface area contributed by atoms with Gasteiger partial charge in [0, 0.05) is 18.4 Å². The summed E-state index contributed by atoms with van der Waals surface area (Å²) in [4.78, 5) is 4.04. The lowest BCUT2D eigenvalue weighted by atomic mass is 10.1. The van der Waals surface area contributed by atoms with Gasteiger partial charge in [-0.05, 0) is 47.9 Å². The predicted molar refractivity (Wildman–Crippen MR) is 72.6 cm³/mol. The van der Waals surface area contributed by atoms with Crippen LogP contribution in [0.4, 0.5) is 0 Å². The third kappa shape index (κ3) is 2.76. The molecule has 0 spiro atoms. The molecule has 7 heteroatoms. The van der Waals surface area contributed by atoms with Gasteiger partial charge in [-0.1, -0.05) is 11.8 Å². The van der Waals surface area contributed by atoms with Gasteiger partial charge in [0.05, 0.1) is 11.3 Å². The number of nitrogens with two attached hydrogens (primary N) is 1. The van der Waals surface area contributed by atoms with Gasteiger partial charge in [-0.2, -0.15) is 0 Å². The van der Waals surface area contributed by atoms with E-state index in [0.717, 1.165) is 23.6 Å². The van der Waals surface area contributed by atoms with Crippen molar-refractivity contribution >= 4 is 11.8 Å². The average molecular weight is 276 g/mol. The van der Waals surface area contributed by atoms with Gasteiger partial charge in [-0.3, -0.25) is 4.98 Å². The second-order valence-electron chi connectivity index (χ2n) is 4.82. The molecule has 1 aliphatic carbocycles. The fraction of sp³-hybridized carbons (Fsp3) is 0.500. The fourth-order valence-electron chi connectivity index (χ4n) is 1.96. The monoisotopic (exact) mass is 276 g/mol. The molecule has 1 fully saturated rings. The smallest absolute Gasteiger partial charge is 0.210 e. The van der Waals surface area contributed by atoms with E-state index in [9.17, 15) is 0 Å². The first kappa shape index (κ1) is 12.6. The highest BCUT2D eigenvalue weighted by Crippen LogP contribution is 2.41. The molecule has 1 saturated carbocycles. The minimum Gasteiger partial charge on any atom is -0.327 e. The Morgan fingerprint density at radius 3 is 2.74 bits per heavy atom. The van der Waals surface area contributed by atoms with Gasteiger partial charge in [0.25, 0.3) is 0 Å². The Morgan fingerprint density at radius 1 is 1.37 bits per heavy atom. The Morgan fingerprint density at radius 2 is 2.11 bits per heavy atom. The molecule has 2 unspecified atom stereocenters. The van der Waals surface area contributed by atoms with Crippen LogP contribution in [0.3, 0.4) is 0 Å². The molecule has 19 heavy (non-hydrogen) atoms. The van der Waals surface area contributed by atoms with Gasteiger partial charge in [-0.25, -0.2) is 4.68 Å². The van der Waals surface area contributed by atoms with Gasteiger partial charge in [0.2, 0.25) is 5.16 Å². The predicted octanol–water partition coefficient (Wildman–Crippen LogP) is 1.58. The molecule has 0 saturated heterocycles. The van der Waals surface area contributed by atoms with E-state index in [0.29, 0.717) is 6.04 Å². The van der Waals surface area contributed by atoms with Crippen LogP contribution in [0.15, 0.2) is 29.7 Å². The van der Waals surface area contributed by atoms with Crippen molar-refractivity contribution in [2.24, 2.45) is 5.73 Å². The third-order valence-corrected chi connectivity index (χ3v) is 4.53. The highest BCUT2D eigenvalue weighted by Gasteiger charge is 2.30. The average Bonchev–Trinajstić information content (AvgIpc) is 3.16. The van der Waals surface area contributed by atoms with Gasteiger partial charge in [0.1, 0.15) is 0 Å². The number of tetrazole rings is 1. The zero-order valence-electron chi connectivity index (χ0n) is 10.7. The molecule has 0 aromatic carbocycles. The Kier molecular flexibility index (Phi) is 3.48. The number of hydrogen-bond acceptors (Lipinski definition) is 6. The normalized spacial score (nSPS) is 18.2. The molecule has 0 radical (unpaired) electrons. The van der Waals surface area contributed by atoms with Gasteiger partial charge in [0.15, 0.2) is 0 Å². The summed E-state index contributed by atoms with van der Waals surface area (Å²) in [5.74, 6) is 0. The SMILES string of the molecule is CC(N)C(Sc1nnnn1C1CC1)c1ccncc1. The summed E-state index contributed by atoms with van der Waals surface area (Å²) in [6.07, 6.45) is 5.90. The summed E-state index contributed by atoms with van der Waals surface area (Å²) in [5.41, 5.74) is 7.26. The minimum atomic E-state index is 0.0109. The lowest BCUT2D eigenvalue weighted by molar-refractivity contribution is 0.563. The van der Waals surface area contributed by atoms with E-state index in [2.05, 4.69) is 20.5 Å². The molecule has 3 rings (SSSR count). The zero-order valence-corrected chi connectivity index (χ0v) is 11.5. The molecule has 1 aliphatic rings. The van der Waals surface area contributed by atoms with Crippen molar-refractivity contribution in [3.8, 4) is 0 Å². The minimum absolute atomic E-state index is 0.0109. The lowest BCUT2D eigenvalue weighted by Crippen LogP contribution is -2.23. The first-order chi connectivity index (χ1) is 9.25. The highest BCUT2D eigenvalue weighted by atomic mass is 32.2. The van der Waals surface area contributed by atoms with Crippen molar-refractivity contribution in [1.29, 1.82) is 0 Å². The maximum atomic E-state index is 6.11. The topological polar surface area (TPSA) is 82.5 Å². The number of aromatic nitrogens is 5. The fourth-order valence-corrected chi connectivity index (χ4v) is 3.07. The van der Waals surface area contributed by atoms with Crippen molar-refractivity contribution < 1.29 is 0 Å². The molecule has 6 nitrogen and oxygen atoms in total. The summed E-state index contributed by atoms with van der Waals surface area (Å²) in [7, 11) is 0. The van der Waals surface area contributed by atoms with Gasteiger partial charge in [-0.15, -0.1) is 5.10 Å². The summed E-state index contributed by atoms with van der Waals surface area (Å²) in [5, 5.41) is 12.9. The molecule has 0 amide bonds. The first-order valence-corrected chi connectivity index (χ1v) is 7.23. The molecule has 2 aromatic rings. The number of nitrogens with zero attached hydrogens (tertiary/aromatic N) is 5. The van der Waals surface area contributed by atoms with Crippen LogP contribution in [0, 0.1) is 0 Å². The van der Waals surface area contributed by atoms with Crippen molar-refractivity contribution in [1.82, 2.24) is 25.2 Å². The van der Waals surface area contributed by atoms with Crippen LogP contribution < -0.4 is 5.73 Å². The van der Waals surface area contributed by atoms with Crippen molar-refractivity contribution in [2.45, 2.75) is 42.3 Å². The van der Waals surface area contributed by atoms with Crippen LogP contribution in [-0.4, -0.2) is 31.2 Å². The Labute approximate surface area is 115 Å². The number of hydrogen-bond donors (Lipinski definition) is 1. The highest BCUT2D eigenvalue weighted by molar-refractivity contribution is 7.99. The van der Waals surface area contributed by atoms with E-state index in [1.54, 1.807) is 24.2 Å². The molecular formula is C12H16N6S. The first-order valence-electron chi connectivity index (χ1n) is 6.35. The molecule has 2 N–H and O–H groups in total. The van der Waals surface area contributed by atoms with Crippen molar-refractivity contribution in [2.75, 3.05) is 0 Å².